The molecule has 0 atom stereocenters. The molecule has 0 fully saturated rings. The van der Waals surface area contributed by atoms with E-state index in [1.807, 2.05) is 6.07 Å². The molecular weight excluding hydrogens is 226 g/mol. The maximum absolute atomic E-state index is 11.4. The lowest BCUT2D eigenvalue weighted by Crippen LogP contribution is -2.18. The summed E-state index contributed by atoms with van der Waals surface area (Å²) >= 11 is 0. The van der Waals surface area contributed by atoms with Crippen molar-refractivity contribution >= 4 is 21.4 Å². The molecule has 0 radical (unpaired) electrons. The van der Waals surface area contributed by atoms with Crippen LogP contribution >= 0.6 is 0 Å². The van der Waals surface area contributed by atoms with Gasteiger partial charge in [-0.15, -0.1) is 0 Å². The van der Waals surface area contributed by atoms with Crippen LogP contribution < -0.4 is 5.32 Å². The highest BCUT2D eigenvalue weighted by Gasteiger charge is 2.10. The van der Waals surface area contributed by atoms with E-state index >= 15 is 0 Å². The van der Waals surface area contributed by atoms with Gasteiger partial charge in [0.05, 0.1) is 5.75 Å². The summed E-state index contributed by atoms with van der Waals surface area (Å²) in [7, 11) is -3.07. The molecule has 1 amide bonds. The van der Waals surface area contributed by atoms with Crippen molar-refractivity contribution in [2.45, 2.75) is 13.3 Å². The molecule has 0 aliphatic carbocycles. The Balaban J connectivity index is 2.44. The Morgan fingerprint density at radius 1 is 1.25 bits per heavy atom. The highest BCUT2D eigenvalue weighted by molar-refractivity contribution is 7.91. The average molecular weight is 241 g/mol. The van der Waals surface area contributed by atoms with E-state index in [1.54, 1.807) is 31.2 Å². The lowest BCUT2D eigenvalue weighted by atomic mass is 10.3. The van der Waals surface area contributed by atoms with Gasteiger partial charge in [0.1, 0.15) is 0 Å². The van der Waals surface area contributed by atoms with Crippen LogP contribution in [0.5, 0.6) is 0 Å². The SMILES string of the molecule is CCS(=O)(=O)CCC(=O)Nc1ccccc1. The Labute approximate surface area is 95.6 Å². The first kappa shape index (κ1) is 12.7. The first-order valence-electron chi connectivity index (χ1n) is 5.09. The predicted molar refractivity (Wildman–Crippen MR) is 64.0 cm³/mol. The fraction of sp³-hybridized carbons (Fsp3) is 0.364. The average Bonchev–Trinajstić information content (AvgIpc) is 2.28. The van der Waals surface area contributed by atoms with Crippen LogP contribution in [0, 0.1) is 0 Å². The van der Waals surface area contributed by atoms with Gasteiger partial charge in [-0.25, -0.2) is 8.42 Å². The number of sulfone groups is 1. The number of anilines is 1. The van der Waals surface area contributed by atoms with Crippen LogP contribution in [0.4, 0.5) is 5.69 Å². The van der Waals surface area contributed by atoms with Gasteiger partial charge in [-0.1, -0.05) is 25.1 Å². The second-order valence-corrected chi connectivity index (χ2v) is 5.87. The fourth-order valence-electron chi connectivity index (χ4n) is 1.14. The van der Waals surface area contributed by atoms with Crippen molar-refractivity contribution in [2.24, 2.45) is 0 Å². The van der Waals surface area contributed by atoms with Crippen LogP contribution in [0.15, 0.2) is 30.3 Å². The van der Waals surface area contributed by atoms with Crippen molar-refractivity contribution in [3.63, 3.8) is 0 Å². The Kier molecular flexibility index (Phi) is 4.49. The monoisotopic (exact) mass is 241 g/mol. The van der Waals surface area contributed by atoms with Crippen LogP contribution in [0.1, 0.15) is 13.3 Å². The van der Waals surface area contributed by atoms with Gasteiger partial charge in [-0.3, -0.25) is 4.79 Å². The van der Waals surface area contributed by atoms with Crippen molar-refractivity contribution in [3.05, 3.63) is 30.3 Å². The number of carbonyl (C=O) groups excluding carboxylic acids is 1. The van der Waals surface area contributed by atoms with Crippen molar-refractivity contribution in [3.8, 4) is 0 Å². The van der Waals surface area contributed by atoms with Crippen molar-refractivity contribution in [2.75, 3.05) is 16.8 Å². The minimum Gasteiger partial charge on any atom is -0.326 e. The summed E-state index contributed by atoms with van der Waals surface area (Å²) in [5, 5.41) is 2.64. The molecule has 16 heavy (non-hydrogen) atoms. The first-order chi connectivity index (χ1) is 7.53. The summed E-state index contributed by atoms with van der Waals surface area (Å²) < 4.78 is 22.4. The molecule has 0 saturated heterocycles. The zero-order chi connectivity index (χ0) is 12.0. The van der Waals surface area contributed by atoms with E-state index in [0.717, 1.165) is 0 Å². The third-order valence-electron chi connectivity index (χ3n) is 2.14. The molecule has 0 spiro atoms. The molecule has 1 aromatic carbocycles. The summed E-state index contributed by atoms with van der Waals surface area (Å²) in [6.07, 6.45) is 0.00503. The molecule has 0 unspecified atom stereocenters. The second kappa shape index (κ2) is 5.65. The number of para-hydroxylation sites is 1. The number of hydrogen-bond donors (Lipinski definition) is 1. The topological polar surface area (TPSA) is 63.2 Å². The van der Waals surface area contributed by atoms with Gasteiger partial charge in [0, 0.05) is 17.9 Å². The summed E-state index contributed by atoms with van der Waals surface area (Å²) in [6, 6.07) is 8.96. The number of hydrogen-bond acceptors (Lipinski definition) is 3. The molecule has 1 aromatic rings. The van der Waals surface area contributed by atoms with Crippen LogP contribution in [0.3, 0.4) is 0 Å². The largest absolute Gasteiger partial charge is 0.326 e. The van der Waals surface area contributed by atoms with Crippen molar-refractivity contribution in [1.29, 1.82) is 0 Å². The summed E-state index contributed by atoms with van der Waals surface area (Å²) in [5.41, 5.74) is 0.682. The van der Waals surface area contributed by atoms with E-state index in [0.29, 0.717) is 5.69 Å². The van der Waals surface area contributed by atoms with E-state index < -0.39 is 9.84 Å². The molecule has 5 heteroatoms. The fourth-order valence-corrected chi connectivity index (χ4v) is 1.92. The Morgan fingerprint density at radius 2 is 1.88 bits per heavy atom. The lowest BCUT2D eigenvalue weighted by molar-refractivity contribution is -0.115. The Hall–Kier alpha value is -1.36. The summed E-state index contributed by atoms with van der Waals surface area (Å²) in [5.74, 6) is -0.295. The highest BCUT2D eigenvalue weighted by atomic mass is 32.2. The van der Waals surface area contributed by atoms with E-state index in [-0.39, 0.29) is 23.8 Å². The van der Waals surface area contributed by atoms with Crippen LogP contribution in [-0.4, -0.2) is 25.8 Å². The minimum absolute atomic E-state index is 0.00503. The van der Waals surface area contributed by atoms with Crippen molar-refractivity contribution in [1.82, 2.24) is 0 Å². The zero-order valence-corrected chi connectivity index (χ0v) is 9.96. The number of rotatable bonds is 5. The second-order valence-electron chi connectivity index (χ2n) is 3.40. The van der Waals surface area contributed by atoms with Gasteiger partial charge in [0.15, 0.2) is 9.84 Å². The predicted octanol–water partition coefficient (Wildman–Crippen LogP) is 1.45. The summed E-state index contributed by atoms with van der Waals surface area (Å²) in [6.45, 7) is 1.57. The number of amides is 1. The van der Waals surface area contributed by atoms with Gasteiger partial charge in [0.25, 0.3) is 0 Å². The molecule has 0 bridgehead atoms. The molecule has 0 aliphatic rings. The maximum atomic E-state index is 11.4. The summed E-state index contributed by atoms with van der Waals surface area (Å²) in [4.78, 5) is 11.4. The maximum Gasteiger partial charge on any atom is 0.225 e. The molecule has 0 saturated carbocycles. The van der Waals surface area contributed by atoms with Gasteiger partial charge < -0.3 is 5.32 Å². The van der Waals surface area contributed by atoms with E-state index in [2.05, 4.69) is 5.32 Å². The quantitative estimate of drug-likeness (QED) is 0.848. The third-order valence-corrected chi connectivity index (χ3v) is 3.84. The lowest BCUT2D eigenvalue weighted by Gasteiger charge is -2.04. The van der Waals surface area contributed by atoms with E-state index in [1.165, 1.54) is 0 Å². The van der Waals surface area contributed by atoms with Gasteiger partial charge >= 0.3 is 0 Å². The van der Waals surface area contributed by atoms with Gasteiger partial charge in [-0.2, -0.15) is 0 Å². The Bertz CT molecular complexity index is 440. The standard InChI is InChI=1S/C11H15NO3S/c1-2-16(14,15)9-8-11(13)12-10-6-4-3-5-7-10/h3-7H,2,8-9H2,1H3,(H,12,13). The number of benzene rings is 1. The van der Waals surface area contributed by atoms with E-state index in [4.69, 9.17) is 0 Å². The molecule has 0 aliphatic heterocycles. The highest BCUT2D eigenvalue weighted by Crippen LogP contribution is 2.05. The van der Waals surface area contributed by atoms with Crippen LogP contribution in [0.25, 0.3) is 0 Å². The minimum atomic E-state index is -3.07. The Morgan fingerprint density at radius 3 is 2.44 bits per heavy atom. The molecule has 0 aromatic heterocycles. The molecule has 0 heterocycles. The van der Waals surface area contributed by atoms with E-state index in [9.17, 15) is 13.2 Å². The molecular formula is C11H15NO3S. The van der Waals surface area contributed by atoms with Crippen molar-refractivity contribution < 1.29 is 13.2 Å². The van der Waals surface area contributed by atoms with Crippen LogP contribution in [0.2, 0.25) is 0 Å². The molecule has 1 rings (SSSR count). The molecule has 4 nitrogen and oxygen atoms in total. The number of nitrogens with one attached hydrogen (secondary N) is 1. The molecule has 88 valence electrons. The zero-order valence-electron chi connectivity index (χ0n) is 9.14. The molecule has 1 N–H and O–H groups in total. The smallest absolute Gasteiger partial charge is 0.225 e. The van der Waals surface area contributed by atoms with Crippen LogP contribution in [-0.2, 0) is 14.6 Å². The first-order valence-corrected chi connectivity index (χ1v) is 6.91. The third kappa shape index (κ3) is 4.44. The normalized spacial score (nSPS) is 11.1. The van der Waals surface area contributed by atoms with Gasteiger partial charge in [-0.05, 0) is 12.1 Å². The number of carbonyl (C=O) groups is 1. The van der Waals surface area contributed by atoms with Gasteiger partial charge in [0.2, 0.25) is 5.91 Å².